The summed E-state index contributed by atoms with van der Waals surface area (Å²) in [5, 5.41) is 9.02. The highest BCUT2D eigenvalue weighted by atomic mass is 16.4. The lowest BCUT2D eigenvalue weighted by Gasteiger charge is -2.22. The molecule has 0 saturated carbocycles. The number of carbonyl (C=O) groups is 1. The molecule has 1 N–H and O–H groups in total. The van der Waals surface area contributed by atoms with E-state index in [0.29, 0.717) is 5.56 Å². The minimum absolute atomic E-state index is 0.327. The maximum Gasteiger partial charge on any atom is 0.335 e. The number of hydrogen-bond acceptors (Lipinski definition) is 1. The Labute approximate surface area is 169 Å². The molecule has 28 heavy (non-hydrogen) atoms. The van der Waals surface area contributed by atoms with E-state index in [9.17, 15) is 4.79 Å². The molecule has 0 spiro atoms. The number of carboxylic acid groups (broad SMARTS) is 1. The molecule has 1 unspecified atom stereocenters. The summed E-state index contributed by atoms with van der Waals surface area (Å²) in [6, 6.07) is 15.8. The highest BCUT2D eigenvalue weighted by Gasteiger charge is 2.15. The first-order valence-corrected chi connectivity index (χ1v) is 10.8. The molecule has 1 atom stereocenters. The van der Waals surface area contributed by atoms with Crippen molar-refractivity contribution in [2.45, 2.75) is 64.7 Å². The van der Waals surface area contributed by atoms with Crippen molar-refractivity contribution in [3.8, 4) is 11.1 Å². The third-order valence-corrected chi connectivity index (χ3v) is 5.96. The van der Waals surface area contributed by atoms with E-state index in [1.807, 2.05) is 12.1 Å². The number of unbranched alkanes of at least 4 members (excludes halogenated alkanes) is 4. The van der Waals surface area contributed by atoms with Gasteiger partial charge in [0.05, 0.1) is 5.56 Å². The summed E-state index contributed by atoms with van der Waals surface area (Å²) in [7, 11) is 0. The van der Waals surface area contributed by atoms with Crippen LogP contribution < -0.4 is 0 Å². The van der Waals surface area contributed by atoms with Crippen molar-refractivity contribution in [2.75, 3.05) is 0 Å². The van der Waals surface area contributed by atoms with Gasteiger partial charge in [-0.1, -0.05) is 87.9 Å². The highest BCUT2D eigenvalue weighted by Crippen LogP contribution is 2.33. The van der Waals surface area contributed by atoms with Crippen LogP contribution in [0.15, 0.2) is 54.6 Å². The maximum absolute atomic E-state index is 11.0. The van der Waals surface area contributed by atoms with Gasteiger partial charge in [-0.25, -0.2) is 4.79 Å². The maximum atomic E-state index is 11.0. The Kier molecular flexibility index (Phi) is 7.47. The van der Waals surface area contributed by atoms with Crippen molar-refractivity contribution in [1.82, 2.24) is 0 Å². The summed E-state index contributed by atoms with van der Waals surface area (Å²) < 4.78 is 0. The van der Waals surface area contributed by atoms with Crippen LogP contribution in [0.2, 0.25) is 0 Å². The molecule has 2 aromatic rings. The van der Waals surface area contributed by atoms with Gasteiger partial charge in [0.2, 0.25) is 0 Å². The molecule has 3 rings (SSSR count). The third kappa shape index (κ3) is 5.58. The molecule has 2 heteroatoms. The summed E-state index contributed by atoms with van der Waals surface area (Å²) in [5.41, 5.74) is 5.31. The zero-order valence-electron chi connectivity index (χ0n) is 17.0. The van der Waals surface area contributed by atoms with E-state index < -0.39 is 5.97 Å². The molecular weight excluding hydrogens is 344 g/mol. The minimum atomic E-state index is -0.884. The molecule has 0 saturated heterocycles. The molecule has 2 aromatic carbocycles. The molecule has 0 heterocycles. The zero-order chi connectivity index (χ0) is 19.8. The molecule has 1 aliphatic carbocycles. The SMILES string of the molecule is CCCCCCCC1CC=C(c2ccc(-c3ccc(C(=O)O)cc3)cc2)CC1. The van der Waals surface area contributed by atoms with Crippen LogP contribution in [0.5, 0.6) is 0 Å². The molecule has 2 nitrogen and oxygen atoms in total. The van der Waals surface area contributed by atoms with E-state index in [4.69, 9.17) is 5.11 Å². The van der Waals surface area contributed by atoms with Gasteiger partial charge in [0.15, 0.2) is 0 Å². The molecular formula is C26H32O2. The van der Waals surface area contributed by atoms with Gasteiger partial charge in [-0.05, 0) is 59.6 Å². The van der Waals surface area contributed by atoms with Gasteiger partial charge >= 0.3 is 5.97 Å². The van der Waals surface area contributed by atoms with Crippen molar-refractivity contribution in [3.63, 3.8) is 0 Å². The smallest absolute Gasteiger partial charge is 0.335 e. The van der Waals surface area contributed by atoms with Gasteiger partial charge in [-0.15, -0.1) is 0 Å². The standard InChI is InChI=1S/C26H32O2/c1-2-3-4-5-6-7-20-8-10-21(11-9-20)22-12-14-23(15-13-22)24-16-18-25(19-17-24)26(27)28/h10,12-20H,2-9,11H2,1H3,(H,27,28). The topological polar surface area (TPSA) is 37.3 Å². The van der Waals surface area contributed by atoms with Crippen molar-refractivity contribution in [1.29, 1.82) is 0 Å². The van der Waals surface area contributed by atoms with Crippen LogP contribution in [-0.4, -0.2) is 11.1 Å². The Morgan fingerprint density at radius 1 is 0.893 bits per heavy atom. The number of rotatable bonds is 9. The Hall–Kier alpha value is -2.35. The predicted octanol–water partition coefficient (Wildman–Crippen LogP) is 7.60. The Balaban J connectivity index is 1.54. The van der Waals surface area contributed by atoms with E-state index >= 15 is 0 Å². The van der Waals surface area contributed by atoms with Crippen LogP contribution in [0.25, 0.3) is 16.7 Å². The number of aromatic carboxylic acids is 1. The van der Waals surface area contributed by atoms with Gasteiger partial charge < -0.3 is 5.11 Å². The zero-order valence-corrected chi connectivity index (χ0v) is 17.0. The largest absolute Gasteiger partial charge is 0.478 e. The normalized spacial score (nSPS) is 16.6. The average Bonchev–Trinajstić information content (AvgIpc) is 2.74. The van der Waals surface area contributed by atoms with E-state index in [-0.39, 0.29) is 0 Å². The first-order chi connectivity index (χ1) is 13.7. The number of allylic oxidation sites excluding steroid dienone is 2. The number of benzene rings is 2. The van der Waals surface area contributed by atoms with Crippen LogP contribution in [0.1, 0.15) is 80.6 Å². The minimum Gasteiger partial charge on any atom is -0.478 e. The predicted molar refractivity (Wildman–Crippen MR) is 118 cm³/mol. The quantitative estimate of drug-likeness (QED) is 0.458. The van der Waals surface area contributed by atoms with Crippen molar-refractivity contribution in [2.24, 2.45) is 5.92 Å². The van der Waals surface area contributed by atoms with Crippen molar-refractivity contribution < 1.29 is 9.90 Å². The number of hydrogen-bond donors (Lipinski definition) is 1. The molecule has 0 bridgehead atoms. The van der Waals surface area contributed by atoms with Crippen LogP contribution in [0, 0.1) is 5.92 Å². The van der Waals surface area contributed by atoms with Crippen LogP contribution >= 0.6 is 0 Å². The first kappa shape index (κ1) is 20.4. The van der Waals surface area contributed by atoms with Gasteiger partial charge in [0.1, 0.15) is 0 Å². The fourth-order valence-corrected chi connectivity index (χ4v) is 4.13. The van der Waals surface area contributed by atoms with Crippen molar-refractivity contribution in [3.05, 3.63) is 65.7 Å². The Morgan fingerprint density at radius 2 is 1.50 bits per heavy atom. The van der Waals surface area contributed by atoms with Crippen LogP contribution in [0.4, 0.5) is 0 Å². The molecule has 0 radical (unpaired) electrons. The van der Waals surface area contributed by atoms with Gasteiger partial charge in [-0.3, -0.25) is 0 Å². The average molecular weight is 377 g/mol. The molecule has 0 aliphatic heterocycles. The van der Waals surface area contributed by atoms with Crippen molar-refractivity contribution >= 4 is 11.5 Å². The van der Waals surface area contributed by atoms with E-state index in [1.54, 1.807) is 12.1 Å². The van der Waals surface area contributed by atoms with E-state index in [1.165, 1.54) is 68.9 Å². The van der Waals surface area contributed by atoms with E-state index in [2.05, 4.69) is 37.3 Å². The van der Waals surface area contributed by atoms with Crippen LogP contribution in [0.3, 0.4) is 0 Å². The highest BCUT2D eigenvalue weighted by molar-refractivity contribution is 5.88. The lowest BCUT2D eigenvalue weighted by Crippen LogP contribution is -2.05. The molecule has 148 valence electrons. The molecule has 0 amide bonds. The van der Waals surface area contributed by atoms with E-state index in [0.717, 1.165) is 17.0 Å². The molecule has 0 fully saturated rings. The van der Waals surface area contributed by atoms with Gasteiger partial charge in [0.25, 0.3) is 0 Å². The second-order valence-corrected chi connectivity index (χ2v) is 8.03. The third-order valence-electron chi connectivity index (χ3n) is 5.96. The Bertz CT molecular complexity index is 784. The van der Waals surface area contributed by atoms with Gasteiger partial charge in [-0.2, -0.15) is 0 Å². The lowest BCUT2D eigenvalue weighted by atomic mass is 9.83. The fourth-order valence-electron chi connectivity index (χ4n) is 4.13. The number of carboxylic acids is 1. The lowest BCUT2D eigenvalue weighted by molar-refractivity contribution is 0.0697. The Morgan fingerprint density at radius 3 is 2.07 bits per heavy atom. The summed E-state index contributed by atoms with van der Waals surface area (Å²) in [5.74, 6) is -0.0113. The second kappa shape index (κ2) is 10.3. The monoisotopic (exact) mass is 376 g/mol. The summed E-state index contributed by atoms with van der Waals surface area (Å²) in [6.45, 7) is 2.27. The summed E-state index contributed by atoms with van der Waals surface area (Å²) >= 11 is 0. The molecule has 1 aliphatic rings. The first-order valence-electron chi connectivity index (χ1n) is 10.8. The summed E-state index contributed by atoms with van der Waals surface area (Å²) in [6.07, 6.45) is 14.5. The fraction of sp³-hybridized carbons (Fsp3) is 0.423. The van der Waals surface area contributed by atoms with Gasteiger partial charge in [0, 0.05) is 0 Å². The van der Waals surface area contributed by atoms with Crippen LogP contribution in [-0.2, 0) is 0 Å². The summed E-state index contributed by atoms with van der Waals surface area (Å²) in [4.78, 5) is 11.0. The molecule has 0 aromatic heterocycles. The second-order valence-electron chi connectivity index (χ2n) is 8.03.